The fourth-order valence-electron chi connectivity index (χ4n) is 4.15. The number of rotatable bonds is 11. The van der Waals surface area contributed by atoms with Gasteiger partial charge in [-0.1, -0.05) is 24.1 Å². The van der Waals surface area contributed by atoms with Gasteiger partial charge in [0.25, 0.3) is 0 Å². The van der Waals surface area contributed by atoms with E-state index in [0.717, 1.165) is 0 Å². The molecule has 0 aliphatic carbocycles. The van der Waals surface area contributed by atoms with E-state index in [0.29, 0.717) is 11.3 Å². The van der Waals surface area contributed by atoms with Gasteiger partial charge in [-0.15, -0.1) is 6.42 Å². The third-order valence-corrected chi connectivity index (χ3v) is 7.78. The second-order valence-corrected chi connectivity index (χ2v) is 11.0. The molecule has 1 unspecified atom stereocenters. The minimum absolute atomic E-state index is 0.0965. The number of aliphatic hydroxyl groups excluding tert-OH is 1. The molecule has 1 aromatic carbocycles. The summed E-state index contributed by atoms with van der Waals surface area (Å²) in [6.07, 6.45) is 1.79. The van der Waals surface area contributed by atoms with Crippen molar-refractivity contribution in [2.24, 2.45) is 0 Å². The average Bonchev–Trinajstić information content (AvgIpc) is 3.45. The molecule has 0 amide bonds. The lowest BCUT2D eigenvalue weighted by Crippen LogP contribution is -2.42. The van der Waals surface area contributed by atoms with E-state index in [1.165, 1.54) is 30.0 Å². The van der Waals surface area contributed by atoms with Crippen molar-refractivity contribution in [1.29, 1.82) is 0 Å². The Hall–Kier alpha value is -3.80. The fraction of sp³-hybridized carbons (Fsp3) is 0.440. The summed E-state index contributed by atoms with van der Waals surface area (Å²) in [4.78, 5) is 26.4. The van der Waals surface area contributed by atoms with Crippen molar-refractivity contribution in [2.45, 2.75) is 44.0 Å². The number of terminal acetylenes is 1. The van der Waals surface area contributed by atoms with Gasteiger partial charge in [-0.25, -0.2) is 13.9 Å². The van der Waals surface area contributed by atoms with Crippen molar-refractivity contribution in [3.63, 3.8) is 0 Å². The van der Waals surface area contributed by atoms with E-state index in [2.05, 4.69) is 20.0 Å². The number of ether oxygens (including phenoxy) is 2. The van der Waals surface area contributed by atoms with Crippen LogP contribution >= 0.6 is 7.75 Å². The molecular formula is C25H31FN7O7P. The number of alkyl halides is 1. The summed E-state index contributed by atoms with van der Waals surface area (Å²) in [6.45, 7) is 2.48. The van der Waals surface area contributed by atoms with E-state index < -0.39 is 50.5 Å². The standard InChI is InChI=1S/C25H31FN7O7P/c1-6-25(26)19(34)17(39-23(25)33-14-28-18-20(32(4)5)29-24(27)30-21(18)33)13-38-41(36,31-15(3)22(35)37-7-2)40-16-11-9-8-10-12-16/h1,8-12,14-15,17,19,23,34H,7,13H2,2-5H3,(H,31,36)(H2,27,29,30)/t15-,17+,19+,23+,25+,41?/m0/s1. The smallest absolute Gasteiger partial charge is 0.459 e. The van der Waals surface area contributed by atoms with Crippen molar-refractivity contribution in [3.8, 4) is 18.1 Å². The summed E-state index contributed by atoms with van der Waals surface area (Å²) in [6, 6.07) is 6.94. The zero-order valence-corrected chi connectivity index (χ0v) is 23.7. The minimum atomic E-state index is -4.33. The molecule has 6 atom stereocenters. The number of esters is 1. The molecule has 0 radical (unpaired) electrons. The lowest BCUT2D eigenvalue weighted by Gasteiger charge is -2.25. The largest absolute Gasteiger partial charge is 0.465 e. The Morgan fingerprint density at radius 1 is 1.39 bits per heavy atom. The summed E-state index contributed by atoms with van der Waals surface area (Å²) < 4.78 is 53.0. The molecular weight excluding hydrogens is 560 g/mol. The summed E-state index contributed by atoms with van der Waals surface area (Å²) in [5.41, 5.74) is 3.48. The van der Waals surface area contributed by atoms with Crippen molar-refractivity contribution in [1.82, 2.24) is 24.6 Å². The molecule has 0 saturated carbocycles. The van der Waals surface area contributed by atoms with Gasteiger partial charge < -0.3 is 29.7 Å². The molecule has 1 aliphatic rings. The van der Waals surface area contributed by atoms with Crippen LogP contribution < -0.4 is 20.2 Å². The molecule has 14 nitrogen and oxygen atoms in total. The quantitative estimate of drug-likeness (QED) is 0.167. The molecule has 4 N–H and O–H groups in total. The van der Waals surface area contributed by atoms with E-state index in [9.17, 15) is 14.5 Å². The number of nitrogens with two attached hydrogens (primary N) is 1. The van der Waals surface area contributed by atoms with E-state index in [4.69, 9.17) is 30.7 Å². The summed E-state index contributed by atoms with van der Waals surface area (Å²) in [7, 11) is -0.887. The lowest BCUT2D eigenvalue weighted by molar-refractivity contribution is -0.144. The van der Waals surface area contributed by atoms with Gasteiger partial charge in [0.05, 0.1) is 19.5 Å². The summed E-state index contributed by atoms with van der Waals surface area (Å²) >= 11 is 0. The number of nitrogens with zero attached hydrogens (tertiary/aromatic N) is 5. The molecule has 1 saturated heterocycles. The molecule has 0 bridgehead atoms. The highest BCUT2D eigenvalue weighted by Gasteiger charge is 2.58. The highest BCUT2D eigenvalue weighted by Crippen LogP contribution is 2.48. The molecule has 41 heavy (non-hydrogen) atoms. The van der Waals surface area contributed by atoms with E-state index >= 15 is 4.39 Å². The zero-order valence-electron chi connectivity index (χ0n) is 22.8. The molecule has 4 rings (SSSR count). The predicted octanol–water partition coefficient (Wildman–Crippen LogP) is 1.82. The van der Waals surface area contributed by atoms with Crippen molar-refractivity contribution < 1.29 is 37.4 Å². The van der Waals surface area contributed by atoms with E-state index in [-0.39, 0.29) is 24.0 Å². The van der Waals surface area contributed by atoms with Gasteiger partial charge in [-0.2, -0.15) is 15.1 Å². The van der Waals surface area contributed by atoms with Crippen LogP contribution in [0, 0.1) is 12.3 Å². The molecule has 3 heterocycles. The molecule has 0 spiro atoms. The van der Waals surface area contributed by atoms with Crippen LogP contribution in [0.3, 0.4) is 0 Å². The second-order valence-electron chi connectivity index (χ2n) is 9.31. The van der Waals surface area contributed by atoms with E-state index in [1.54, 1.807) is 44.1 Å². The first-order chi connectivity index (χ1) is 19.4. The third-order valence-electron chi connectivity index (χ3n) is 6.13. The molecule has 1 aliphatic heterocycles. The average molecular weight is 592 g/mol. The van der Waals surface area contributed by atoms with Gasteiger partial charge in [0.15, 0.2) is 23.2 Å². The normalized spacial score (nSPS) is 24.4. The molecule has 2 aromatic heterocycles. The number of nitrogen functional groups attached to an aromatic ring is 1. The number of carbonyl (C=O) groups is 1. The highest BCUT2D eigenvalue weighted by atomic mass is 31.2. The second kappa shape index (κ2) is 12.0. The van der Waals surface area contributed by atoms with Gasteiger partial charge in [0, 0.05) is 14.1 Å². The Labute approximate surface area is 235 Å². The molecule has 3 aromatic rings. The number of imidazole rings is 1. The van der Waals surface area contributed by atoms with Gasteiger partial charge in [0.1, 0.15) is 24.0 Å². The Kier molecular flexibility index (Phi) is 8.81. The number of hydrogen-bond acceptors (Lipinski definition) is 12. The Morgan fingerprint density at radius 2 is 2.10 bits per heavy atom. The van der Waals surface area contributed by atoms with Crippen molar-refractivity contribution in [2.75, 3.05) is 37.9 Å². The van der Waals surface area contributed by atoms with Crippen LogP contribution in [0.4, 0.5) is 16.2 Å². The van der Waals surface area contributed by atoms with Crippen LogP contribution in [0.15, 0.2) is 36.7 Å². The van der Waals surface area contributed by atoms with Gasteiger partial charge in [-0.3, -0.25) is 13.9 Å². The number of nitrogens with one attached hydrogen (secondary N) is 1. The Bertz CT molecular complexity index is 1480. The number of aliphatic hydroxyl groups is 1. The number of aromatic nitrogens is 4. The number of fused-ring (bicyclic) bond motifs is 1. The van der Waals surface area contributed by atoms with Gasteiger partial charge in [0.2, 0.25) is 11.6 Å². The number of halogens is 1. The zero-order chi connectivity index (χ0) is 29.9. The van der Waals surface area contributed by atoms with Crippen LogP contribution in [0.25, 0.3) is 11.2 Å². The first-order valence-electron chi connectivity index (χ1n) is 12.5. The Balaban J connectivity index is 1.61. The molecule has 1 fully saturated rings. The number of benzene rings is 1. The van der Waals surface area contributed by atoms with E-state index in [1.807, 2.05) is 5.92 Å². The van der Waals surface area contributed by atoms with Crippen molar-refractivity contribution in [3.05, 3.63) is 36.7 Å². The van der Waals surface area contributed by atoms with Gasteiger partial charge in [-0.05, 0) is 26.0 Å². The Morgan fingerprint density at radius 3 is 2.73 bits per heavy atom. The maximum Gasteiger partial charge on any atom is 0.459 e. The SMILES string of the molecule is C#C[C@@]1(F)[C@H](O)[C@@H](COP(=O)(N[C@@H](C)C(=O)OCC)Oc2ccccc2)O[C@H]1n1cnc2c(N(C)C)nc(N)nc21. The summed E-state index contributed by atoms with van der Waals surface area (Å²) in [5.74, 6) is 1.69. The third kappa shape index (κ3) is 6.12. The van der Waals surface area contributed by atoms with Crippen LogP contribution in [0.1, 0.15) is 20.1 Å². The number of carbonyl (C=O) groups excluding carboxylic acids is 1. The first-order valence-corrected chi connectivity index (χ1v) is 14.1. The molecule has 220 valence electrons. The van der Waals surface area contributed by atoms with Crippen LogP contribution in [-0.2, 0) is 23.4 Å². The van der Waals surface area contributed by atoms with Crippen molar-refractivity contribution >= 4 is 36.6 Å². The monoisotopic (exact) mass is 591 g/mol. The number of anilines is 2. The van der Waals surface area contributed by atoms with Gasteiger partial charge >= 0.3 is 13.7 Å². The number of para-hydroxylation sites is 1. The van der Waals surface area contributed by atoms with Crippen LogP contribution in [0.5, 0.6) is 5.75 Å². The van der Waals surface area contributed by atoms with Crippen LogP contribution in [-0.4, -0.2) is 81.8 Å². The van der Waals surface area contributed by atoms with Crippen LogP contribution in [0.2, 0.25) is 0 Å². The summed E-state index contributed by atoms with van der Waals surface area (Å²) in [5, 5.41) is 13.4. The lowest BCUT2D eigenvalue weighted by atomic mass is 9.97. The topological polar surface area (TPSA) is 176 Å². The first kappa shape index (κ1) is 30.2. The predicted molar refractivity (Wildman–Crippen MR) is 147 cm³/mol. The maximum atomic E-state index is 16.2. The fourth-order valence-corrected chi connectivity index (χ4v) is 5.65. The number of hydrogen-bond donors (Lipinski definition) is 3. The maximum absolute atomic E-state index is 16.2. The highest BCUT2D eigenvalue weighted by molar-refractivity contribution is 7.52. The minimum Gasteiger partial charge on any atom is -0.465 e. The molecule has 16 heteroatoms.